The molecule has 0 aromatic heterocycles. The number of carboxylic acid groups (broad SMARTS) is 1. The number of nitrogens with one attached hydrogen (secondary N) is 1. The van der Waals surface area contributed by atoms with Crippen molar-refractivity contribution in [1.29, 1.82) is 0 Å². The highest BCUT2D eigenvalue weighted by atomic mass is 19.3. The number of anilines is 1. The molecule has 3 rings (SSSR count). The molecule has 1 aromatic rings. The van der Waals surface area contributed by atoms with E-state index in [1.165, 1.54) is 17.9 Å². The maximum absolute atomic E-state index is 12.6. The summed E-state index contributed by atoms with van der Waals surface area (Å²) in [6.45, 7) is -0.938. The molecule has 0 spiro atoms. The van der Waals surface area contributed by atoms with Crippen LogP contribution < -0.4 is 14.8 Å². The Hall–Kier alpha value is -2.58. The zero-order chi connectivity index (χ0) is 19.6. The molecule has 2 fully saturated rings. The molecule has 0 bridgehead atoms. The predicted octanol–water partition coefficient (Wildman–Crippen LogP) is 2.56. The number of hydrogen-bond acceptors (Lipinski definition) is 5. The average molecular weight is 384 g/mol. The minimum atomic E-state index is -2.96. The molecule has 148 valence electrons. The summed E-state index contributed by atoms with van der Waals surface area (Å²) in [5.41, 5.74) is 0.585. The van der Waals surface area contributed by atoms with E-state index in [4.69, 9.17) is 4.74 Å². The van der Waals surface area contributed by atoms with Gasteiger partial charge in [-0.1, -0.05) is 0 Å². The van der Waals surface area contributed by atoms with E-state index in [2.05, 4.69) is 10.1 Å². The number of nitrogens with zero attached hydrogens (tertiary/aromatic N) is 1. The van der Waals surface area contributed by atoms with Crippen molar-refractivity contribution < 1.29 is 33.0 Å². The molecule has 1 aromatic carbocycles. The molecule has 1 saturated carbocycles. The lowest BCUT2D eigenvalue weighted by Gasteiger charge is -2.19. The maximum atomic E-state index is 12.6. The van der Waals surface area contributed by atoms with Crippen molar-refractivity contribution in [2.24, 2.45) is 5.92 Å². The number of halogens is 2. The fraction of sp³-hybridized carbons (Fsp3) is 0.556. The van der Waals surface area contributed by atoms with Crippen LogP contribution in [0.25, 0.3) is 0 Å². The Morgan fingerprint density at radius 2 is 2.07 bits per heavy atom. The summed E-state index contributed by atoms with van der Waals surface area (Å²) in [6.07, 6.45) is 2.37. The Labute approximate surface area is 155 Å². The van der Waals surface area contributed by atoms with Crippen molar-refractivity contribution in [2.75, 3.05) is 18.5 Å². The van der Waals surface area contributed by atoms with Gasteiger partial charge in [0, 0.05) is 37.7 Å². The van der Waals surface area contributed by atoms with E-state index in [1.807, 2.05) is 0 Å². The van der Waals surface area contributed by atoms with Crippen LogP contribution in [0, 0.1) is 5.92 Å². The number of rotatable bonds is 8. The third kappa shape index (κ3) is 4.99. The second kappa shape index (κ2) is 7.98. The molecule has 1 aliphatic carbocycles. The summed E-state index contributed by atoms with van der Waals surface area (Å²) in [6, 6.07) is 3.36. The topological polar surface area (TPSA) is 88.1 Å². The van der Waals surface area contributed by atoms with Gasteiger partial charge in [-0.2, -0.15) is 8.78 Å². The third-order valence-electron chi connectivity index (χ3n) is 4.69. The van der Waals surface area contributed by atoms with E-state index in [-0.39, 0.29) is 36.4 Å². The Morgan fingerprint density at radius 1 is 1.33 bits per heavy atom. The Morgan fingerprint density at radius 3 is 2.63 bits per heavy atom. The van der Waals surface area contributed by atoms with Crippen LogP contribution in [0.5, 0.6) is 11.5 Å². The highest BCUT2D eigenvalue weighted by Gasteiger charge is 2.38. The van der Waals surface area contributed by atoms with Crippen molar-refractivity contribution in [2.45, 2.75) is 44.9 Å². The van der Waals surface area contributed by atoms with Crippen molar-refractivity contribution in [3.8, 4) is 11.5 Å². The fourth-order valence-electron chi connectivity index (χ4n) is 3.15. The van der Waals surface area contributed by atoms with Gasteiger partial charge in [0.15, 0.2) is 11.5 Å². The summed E-state index contributed by atoms with van der Waals surface area (Å²) in [7, 11) is 0. The Balaban J connectivity index is 1.71. The van der Waals surface area contributed by atoms with Gasteiger partial charge < -0.3 is 24.8 Å². The first-order chi connectivity index (χ1) is 12.8. The largest absolute Gasteiger partial charge is 0.489 e. The zero-order valence-corrected chi connectivity index (χ0v) is 14.9. The van der Waals surface area contributed by atoms with Crippen LogP contribution in [-0.4, -0.2) is 53.7 Å². The van der Waals surface area contributed by atoms with E-state index in [9.17, 15) is 23.5 Å². The number of amides is 1. The number of alkyl halides is 2. The lowest BCUT2D eigenvalue weighted by Crippen LogP contribution is -2.39. The monoisotopic (exact) mass is 384 g/mol. The van der Waals surface area contributed by atoms with Crippen LogP contribution in [0.1, 0.15) is 26.2 Å². The molecule has 2 aliphatic rings. The van der Waals surface area contributed by atoms with E-state index in [0.717, 1.165) is 12.8 Å². The first-order valence-electron chi connectivity index (χ1n) is 8.81. The molecule has 2 atom stereocenters. The molecule has 1 aliphatic heterocycles. The highest BCUT2D eigenvalue weighted by molar-refractivity contribution is 5.83. The summed E-state index contributed by atoms with van der Waals surface area (Å²) < 4.78 is 35.3. The summed E-state index contributed by atoms with van der Waals surface area (Å²) in [4.78, 5) is 24.3. The van der Waals surface area contributed by atoms with Gasteiger partial charge in [-0.15, -0.1) is 0 Å². The quantitative estimate of drug-likeness (QED) is 0.716. The van der Waals surface area contributed by atoms with Crippen LogP contribution in [0.2, 0.25) is 0 Å². The predicted molar refractivity (Wildman–Crippen MR) is 92.1 cm³/mol. The van der Waals surface area contributed by atoms with Gasteiger partial charge in [0.25, 0.3) is 0 Å². The van der Waals surface area contributed by atoms with E-state index >= 15 is 0 Å². The van der Waals surface area contributed by atoms with Crippen molar-refractivity contribution in [3.05, 3.63) is 18.2 Å². The number of hydrogen-bond donors (Lipinski definition) is 2. The first-order valence-corrected chi connectivity index (χ1v) is 8.81. The van der Waals surface area contributed by atoms with Gasteiger partial charge in [0.1, 0.15) is 6.04 Å². The zero-order valence-electron chi connectivity index (χ0n) is 14.9. The van der Waals surface area contributed by atoms with Gasteiger partial charge in [-0.3, -0.25) is 4.79 Å². The molecule has 0 unspecified atom stereocenters. The SMILES string of the molecule is CC(=O)N1C[C@H](Nc2ccc(OC(F)F)c(OCC3CC3)c2)C[C@@H]1C(=O)O. The number of aliphatic carboxylic acids is 1. The number of carbonyl (C=O) groups excluding carboxylic acids is 1. The van der Waals surface area contributed by atoms with Crippen molar-refractivity contribution in [1.82, 2.24) is 4.90 Å². The number of carbonyl (C=O) groups is 2. The molecular weight excluding hydrogens is 362 g/mol. The van der Waals surface area contributed by atoms with Gasteiger partial charge in [-0.25, -0.2) is 4.79 Å². The van der Waals surface area contributed by atoms with E-state index in [1.54, 1.807) is 12.1 Å². The second-order valence-electron chi connectivity index (χ2n) is 6.90. The minimum absolute atomic E-state index is 0.0450. The molecule has 2 N–H and O–H groups in total. The first kappa shape index (κ1) is 19.2. The second-order valence-corrected chi connectivity index (χ2v) is 6.90. The number of likely N-dealkylation sites (tertiary alicyclic amines) is 1. The molecule has 1 amide bonds. The minimum Gasteiger partial charge on any atom is -0.489 e. The normalized spacial score (nSPS) is 22.0. The summed E-state index contributed by atoms with van der Waals surface area (Å²) >= 11 is 0. The van der Waals surface area contributed by atoms with Gasteiger partial charge >= 0.3 is 12.6 Å². The standard InChI is InChI=1S/C18H22F2N2O5/c1-10(23)22-8-13(6-14(22)17(24)25)21-12-4-5-15(27-18(19)20)16(7-12)26-9-11-2-3-11/h4-5,7,11,13-14,18,21H,2-3,6,8-9H2,1H3,(H,24,25)/t13-,14-/m1/s1. The van der Waals surface area contributed by atoms with Crippen LogP contribution in [0.3, 0.4) is 0 Å². The molecule has 7 nitrogen and oxygen atoms in total. The van der Waals surface area contributed by atoms with E-state index < -0.39 is 18.6 Å². The summed E-state index contributed by atoms with van der Waals surface area (Å²) in [5.74, 6) is -0.749. The lowest BCUT2D eigenvalue weighted by atomic mass is 10.1. The Bertz CT molecular complexity index is 689. The number of benzene rings is 1. The average Bonchev–Trinajstić information content (AvgIpc) is 3.32. The van der Waals surface area contributed by atoms with Crippen LogP contribution >= 0.6 is 0 Å². The van der Waals surface area contributed by atoms with Crippen LogP contribution in [0.4, 0.5) is 14.5 Å². The van der Waals surface area contributed by atoms with Crippen molar-refractivity contribution in [3.63, 3.8) is 0 Å². The molecular formula is C18H22F2N2O5. The van der Waals surface area contributed by atoms with Gasteiger partial charge in [0.05, 0.1) is 6.61 Å². The molecule has 1 heterocycles. The molecule has 1 saturated heterocycles. The number of ether oxygens (including phenoxy) is 2. The lowest BCUT2D eigenvalue weighted by molar-refractivity contribution is -0.147. The van der Waals surface area contributed by atoms with Crippen LogP contribution in [0.15, 0.2) is 18.2 Å². The molecule has 0 radical (unpaired) electrons. The van der Waals surface area contributed by atoms with E-state index in [0.29, 0.717) is 18.2 Å². The van der Waals surface area contributed by atoms with Gasteiger partial charge in [-0.05, 0) is 30.9 Å². The van der Waals surface area contributed by atoms with Crippen molar-refractivity contribution >= 4 is 17.6 Å². The molecule has 27 heavy (non-hydrogen) atoms. The summed E-state index contributed by atoms with van der Waals surface area (Å²) in [5, 5.41) is 12.4. The van der Waals surface area contributed by atoms with Gasteiger partial charge in [0.2, 0.25) is 5.91 Å². The Kier molecular flexibility index (Phi) is 5.67. The fourth-order valence-corrected chi connectivity index (χ4v) is 3.15. The van der Waals surface area contributed by atoms with Crippen LogP contribution in [-0.2, 0) is 9.59 Å². The molecule has 9 heteroatoms. The smallest absolute Gasteiger partial charge is 0.387 e. The maximum Gasteiger partial charge on any atom is 0.387 e. The third-order valence-corrected chi connectivity index (χ3v) is 4.69. The number of carboxylic acids is 1. The highest BCUT2D eigenvalue weighted by Crippen LogP contribution is 2.36.